The quantitative estimate of drug-likeness (QED) is 0.155. The van der Waals surface area contributed by atoms with E-state index < -0.39 is 51.9 Å². The molecule has 0 saturated heterocycles. The van der Waals surface area contributed by atoms with E-state index in [4.69, 9.17) is 21.4 Å². The summed E-state index contributed by atoms with van der Waals surface area (Å²) in [6.45, 7) is -0.139. The van der Waals surface area contributed by atoms with Crippen molar-refractivity contribution < 1.29 is 45.4 Å². The van der Waals surface area contributed by atoms with Gasteiger partial charge in [-0.2, -0.15) is 13.2 Å². The molecule has 0 fully saturated rings. The summed E-state index contributed by atoms with van der Waals surface area (Å²) in [5.74, 6) is -2.43. The fourth-order valence-electron chi connectivity index (χ4n) is 5.08. The molecule has 5 rings (SSSR count). The van der Waals surface area contributed by atoms with Crippen LogP contribution in [0.15, 0.2) is 89.8 Å². The number of fused-ring (bicyclic) bond motifs is 1. The van der Waals surface area contributed by atoms with Crippen molar-refractivity contribution in [2.75, 3.05) is 17.5 Å². The highest BCUT2D eigenvalue weighted by Gasteiger charge is 2.42. The molecule has 4 aromatic carbocycles. The van der Waals surface area contributed by atoms with Crippen LogP contribution in [0.4, 0.5) is 23.2 Å². The maximum atomic E-state index is 14.1. The standard InChI is InChI=1S/C32H25ClF4N2O6S/c33-26-12-8-22(32(35,36)37)17-25(26)19-6-10-24(11-7-19)46(43,44)39-28-4-2-1-3-21(28)15-29(39)31(42)38-13-14-45-23-9-5-20(16-30(40)41)27(34)18-23/h1-12,17-18,29H,13-16H2,(H,38,42)(H,40,41)/t29-/m0/s1. The first-order valence-corrected chi connectivity index (χ1v) is 15.6. The van der Waals surface area contributed by atoms with Gasteiger partial charge in [-0.3, -0.25) is 13.9 Å². The lowest BCUT2D eigenvalue weighted by Gasteiger charge is -2.26. The fourth-order valence-corrected chi connectivity index (χ4v) is 6.96. The van der Waals surface area contributed by atoms with Crippen LogP contribution in [0.25, 0.3) is 11.1 Å². The van der Waals surface area contributed by atoms with E-state index in [9.17, 15) is 35.6 Å². The van der Waals surface area contributed by atoms with Gasteiger partial charge < -0.3 is 15.2 Å². The van der Waals surface area contributed by atoms with Gasteiger partial charge in [-0.05, 0) is 59.2 Å². The maximum absolute atomic E-state index is 14.1. The van der Waals surface area contributed by atoms with E-state index in [1.54, 1.807) is 24.3 Å². The smallest absolute Gasteiger partial charge is 0.416 e. The zero-order valence-corrected chi connectivity index (χ0v) is 25.3. The predicted molar refractivity (Wildman–Crippen MR) is 162 cm³/mol. The Balaban J connectivity index is 1.32. The predicted octanol–water partition coefficient (Wildman–Crippen LogP) is 6.11. The molecule has 8 nitrogen and oxygen atoms in total. The summed E-state index contributed by atoms with van der Waals surface area (Å²) in [6.07, 6.45) is -5.00. The van der Waals surface area contributed by atoms with Crippen LogP contribution in [0, 0.1) is 5.82 Å². The number of rotatable bonds is 10. The van der Waals surface area contributed by atoms with Crippen molar-refractivity contribution in [2.24, 2.45) is 0 Å². The molecule has 0 bridgehead atoms. The number of ether oxygens (including phenoxy) is 1. The summed E-state index contributed by atoms with van der Waals surface area (Å²) in [6, 6.07) is 17.2. The Morgan fingerprint density at radius 2 is 1.72 bits per heavy atom. The van der Waals surface area contributed by atoms with Gasteiger partial charge in [0.05, 0.1) is 29.1 Å². The zero-order chi connectivity index (χ0) is 33.2. The van der Waals surface area contributed by atoms with E-state index in [1.807, 2.05) is 0 Å². The third kappa shape index (κ3) is 6.95. The Labute approximate surface area is 266 Å². The molecule has 1 aliphatic heterocycles. The number of carbonyl (C=O) groups excluding carboxylic acids is 1. The highest BCUT2D eigenvalue weighted by molar-refractivity contribution is 7.93. The van der Waals surface area contributed by atoms with Crippen molar-refractivity contribution in [3.8, 4) is 16.9 Å². The lowest BCUT2D eigenvalue weighted by molar-refractivity contribution is -0.138. The maximum Gasteiger partial charge on any atom is 0.416 e. The molecule has 0 aliphatic carbocycles. The number of benzene rings is 4. The second kappa shape index (κ2) is 13.0. The van der Waals surface area contributed by atoms with E-state index in [1.165, 1.54) is 36.4 Å². The fraction of sp³-hybridized carbons (Fsp3) is 0.188. The van der Waals surface area contributed by atoms with Crippen molar-refractivity contribution in [3.63, 3.8) is 0 Å². The molecule has 0 aromatic heterocycles. The molecule has 0 radical (unpaired) electrons. The van der Waals surface area contributed by atoms with Crippen molar-refractivity contribution in [1.82, 2.24) is 5.32 Å². The minimum atomic E-state index is -4.60. The first-order valence-electron chi connectivity index (χ1n) is 13.8. The van der Waals surface area contributed by atoms with Crippen LogP contribution in [-0.4, -0.2) is 44.6 Å². The highest BCUT2D eigenvalue weighted by Crippen LogP contribution is 2.39. The molecule has 46 heavy (non-hydrogen) atoms. The van der Waals surface area contributed by atoms with E-state index in [-0.39, 0.29) is 51.9 Å². The summed E-state index contributed by atoms with van der Waals surface area (Å²) in [4.78, 5) is 23.9. The number of nitrogens with zero attached hydrogens (tertiary/aromatic N) is 1. The molecule has 1 aliphatic rings. The Morgan fingerprint density at radius 1 is 1.00 bits per heavy atom. The van der Waals surface area contributed by atoms with Gasteiger partial charge in [-0.15, -0.1) is 0 Å². The number of carbonyl (C=O) groups is 2. The molecule has 0 spiro atoms. The van der Waals surface area contributed by atoms with Crippen LogP contribution in [-0.2, 0) is 38.6 Å². The first-order chi connectivity index (χ1) is 21.8. The molecule has 0 saturated carbocycles. The van der Waals surface area contributed by atoms with Gasteiger partial charge in [-0.1, -0.05) is 48.0 Å². The second-order valence-corrected chi connectivity index (χ2v) is 12.6. The van der Waals surface area contributed by atoms with Gasteiger partial charge in [-0.25, -0.2) is 12.8 Å². The van der Waals surface area contributed by atoms with Gasteiger partial charge >= 0.3 is 12.1 Å². The number of amides is 1. The molecule has 1 heterocycles. The molecule has 0 unspecified atom stereocenters. The molecule has 1 amide bonds. The summed E-state index contributed by atoms with van der Waals surface area (Å²) < 4.78 is 88.3. The molecular weight excluding hydrogens is 652 g/mol. The average molecular weight is 677 g/mol. The van der Waals surface area contributed by atoms with Gasteiger partial charge in [0.1, 0.15) is 24.2 Å². The number of para-hydroxylation sites is 1. The number of alkyl halides is 3. The van der Waals surface area contributed by atoms with E-state index in [0.29, 0.717) is 11.3 Å². The number of hydrogen-bond donors (Lipinski definition) is 2. The Morgan fingerprint density at radius 3 is 2.39 bits per heavy atom. The Kier molecular flexibility index (Phi) is 9.27. The van der Waals surface area contributed by atoms with Crippen LogP contribution >= 0.6 is 11.6 Å². The van der Waals surface area contributed by atoms with E-state index in [0.717, 1.165) is 28.6 Å². The van der Waals surface area contributed by atoms with Crippen molar-refractivity contribution in [2.45, 2.75) is 30.0 Å². The van der Waals surface area contributed by atoms with Crippen LogP contribution in [0.5, 0.6) is 5.75 Å². The number of nitrogens with one attached hydrogen (secondary N) is 1. The van der Waals surface area contributed by atoms with Crippen LogP contribution in [0.2, 0.25) is 5.02 Å². The van der Waals surface area contributed by atoms with Crippen molar-refractivity contribution >= 4 is 39.2 Å². The van der Waals surface area contributed by atoms with Crippen molar-refractivity contribution in [3.05, 3.63) is 112 Å². The lowest BCUT2D eigenvalue weighted by atomic mass is 10.0. The number of carboxylic acids is 1. The summed E-state index contributed by atoms with van der Waals surface area (Å²) >= 11 is 6.16. The van der Waals surface area contributed by atoms with Crippen molar-refractivity contribution in [1.29, 1.82) is 0 Å². The van der Waals surface area contributed by atoms with Gasteiger partial charge in [0.25, 0.3) is 10.0 Å². The number of carboxylic acid groups (broad SMARTS) is 1. The third-order valence-electron chi connectivity index (χ3n) is 7.28. The monoisotopic (exact) mass is 676 g/mol. The van der Waals surface area contributed by atoms with Gasteiger partial charge in [0.15, 0.2) is 0 Å². The summed E-state index contributed by atoms with van der Waals surface area (Å²) in [5.41, 5.74) is 0.349. The topological polar surface area (TPSA) is 113 Å². The molecule has 1 atom stereocenters. The minimum Gasteiger partial charge on any atom is -0.492 e. The number of hydrogen-bond acceptors (Lipinski definition) is 5. The molecule has 14 heteroatoms. The van der Waals surface area contributed by atoms with Crippen LogP contribution < -0.4 is 14.4 Å². The SMILES string of the molecule is O=C(O)Cc1ccc(OCCNC(=O)[C@@H]2Cc3ccccc3N2S(=O)(=O)c2ccc(-c3cc(C(F)(F)F)ccc3Cl)cc2)cc1F. The number of aliphatic carboxylic acids is 1. The number of halogens is 5. The van der Waals surface area contributed by atoms with E-state index >= 15 is 0 Å². The minimum absolute atomic E-state index is 0.00986. The van der Waals surface area contributed by atoms with E-state index in [2.05, 4.69) is 5.32 Å². The molecular formula is C32H25ClF4N2O6S. The molecule has 240 valence electrons. The number of anilines is 1. The van der Waals surface area contributed by atoms with Gasteiger partial charge in [0.2, 0.25) is 5.91 Å². The highest BCUT2D eigenvalue weighted by atomic mass is 35.5. The van der Waals surface area contributed by atoms with Crippen LogP contribution in [0.3, 0.4) is 0 Å². The third-order valence-corrected chi connectivity index (χ3v) is 9.45. The normalized spacial score (nSPS) is 14.5. The first kappa shape index (κ1) is 32.8. The Hall–Kier alpha value is -4.62. The lowest BCUT2D eigenvalue weighted by Crippen LogP contribution is -2.48. The average Bonchev–Trinajstić information content (AvgIpc) is 3.41. The summed E-state index contributed by atoms with van der Waals surface area (Å²) in [5, 5.41) is 11.5. The molecule has 2 N–H and O–H groups in total. The Bertz CT molecular complexity index is 1900. The van der Waals surface area contributed by atoms with Crippen LogP contribution in [0.1, 0.15) is 16.7 Å². The molecule has 4 aromatic rings. The number of sulfonamides is 1. The largest absolute Gasteiger partial charge is 0.492 e. The van der Waals surface area contributed by atoms with Gasteiger partial charge in [0, 0.05) is 23.1 Å². The second-order valence-electron chi connectivity index (χ2n) is 10.3. The summed E-state index contributed by atoms with van der Waals surface area (Å²) in [7, 11) is -4.33. The zero-order valence-electron chi connectivity index (χ0n) is 23.7.